The van der Waals surface area contributed by atoms with E-state index in [9.17, 15) is 9.59 Å². The van der Waals surface area contributed by atoms with E-state index in [-0.39, 0.29) is 17.7 Å². The Morgan fingerprint density at radius 2 is 2.03 bits per heavy atom. The van der Waals surface area contributed by atoms with Gasteiger partial charge in [-0.3, -0.25) is 14.5 Å². The highest BCUT2D eigenvalue weighted by Gasteiger charge is 2.40. The van der Waals surface area contributed by atoms with Crippen LogP contribution in [0.5, 0.6) is 0 Å². The molecular weight excluding hydrogens is 462 g/mol. The maximum Gasteiger partial charge on any atom is 0.237 e. The van der Waals surface area contributed by atoms with Crippen molar-refractivity contribution in [3.05, 3.63) is 77.1 Å². The summed E-state index contributed by atoms with van der Waals surface area (Å²) < 4.78 is 0. The van der Waals surface area contributed by atoms with Gasteiger partial charge in [0, 0.05) is 30.9 Å². The van der Waals surface area contributed by atoms with Crippen LogP contribution in [0.1, 0.15) is 24.5 Å². The number of H-pyrrole nitrogens is 1. The summed E-state index contributed by atoms with van der Waals surface area (Å²) in [5.74, 6) is -0.306. The van der Waals surface area contributed by atoms with Gasteiger partial charge in [0.05, 0.1) is 17.1 Å². The van der Waals surface area contributed by atoms with E-state index in [1.54, 1.807) is 12.4 Å². The average Bonchev–Trinajstić information content (AvgIpc) is 3.46. The third-order valence-corrected chi connectivity index (χ3v) is 7.34. The van der Waals surface area contributed by atoms with Crippen molar-refractivity contribution in [2.45, 2.75) is 38.4 Å². The number of primary amides is 1. The van der Waals surface area contributed by atoms with Crippen LogP contribution in [0.2, 0.25) is 5.02 Å². The molecule has 1 fully saturated rings. The largest absolute Gasteiger partial charge is 0.368 e. The van der Waals surface area contributed by atoms with Gasteiger partial charge in [0.15, 0.2) is 0 Å². The molecule has 2 aromatic carbocycles. The fourth-order valence-electron chi connectivity index (χ4n) is 5.19. The lowest BCUT2D eigenvalue weighted by Crippen LogP contribution is -2.51. The van der Waals surface area contributed by atoms with Gasteiger partial charge in [-0.1, -0.05) is 54.1 Å². The van der Waals surface area contributed by atoms with Crippen molar-refractivity contribution in [3.8, 4) is 0 Å². The highest BCUT2D eigenvalue weighted by molar-refractivity contribution is 6.35. The fourth-order valence-corrected chi connectivity index (χ4v) is 5.39. The second-order valence-corrected chi connectivity index (χ2v) is 9.74. The number of hydrogen-bond acceptors (Lipinski definition) is 4. The summed E-state index contributed by atoms with van der Waals surface area (Å²) in [5, 5.41) is 6.81. The SMILES string of the molecule is C[C@@H](C(=O)NCc1cnc2[nH]cc(Cl)c2c1)N1CC(Cc2cccc3ccccc23)CC1C(N)=O. The van der Waals surface area contributed by atoms with Gasteiger partial charge in [0.1, 0.15) is 5.65 Å². The summed E-state index contributed by atoms with van der Waals surface area (Å²) >= 11 is 6.18. The zero-order valence-electron chi connectivity index (χ0n) is 19.5. The van der Waals surface area contributed by atoms with Gasteiger partial charge in [-0.15, -0.1) is 0 Å². The number of likely N-dealkylation sites (tertiary alicyclic amines) is 1. The van der Waals surface area contributed by atoms with Crippen LogP contribution in [0.3, 0.4) is 0 Å². The number of carbonyl (C=O) groups excluding carboxylic acids is 2. The number of nitrogens with one attached hydrogen (secondary N) is 2. The molecule has 0 aliphatic carbocycles. The molecule has 3 atom stereocenters. The summed E-state index contributed by atoms with van der Waals surface area (Å²) in [6.07, 6.45) is 4.87. The topological polar surface area (TPSA) is 104 Å². The third kappa shape index (κ3) is 4.74. The molecule has 0 bridgehead atoms. The predicted molar refractivity (Wildman–Crippen MR) is 138 cm³/mol. The molecule has 180 valence electrons. The molecule has 3 heterocycles. The normalized spacial score (nSPS) is 19.3. The number of hydrogen-bond donors (Lipinski definition) is 3. The molecule has 1 saturated heterocycles. The van der Waals surface area contributed by atoms with E-state index >= 15 is 0 Å². The van der Waals surface area contributed by atoms with Crippen LogP contribution >= 0.6 is 11.6 Å². The average molecular weight is 490 g/mol. The number of amides is 2. The maximum atomic E-state index is 13.0. The molecule has 4 aromatic rings. The van der Waals surface area contributed by atoms with Gasteiger partial charge in [-0.25, -0.2) is 4.98 Å². The van der Waals surface area contributed by atoms with Crippen molar-refractivity contribution in [1.82, 2.24) is 20.2 Å². The van der Waals surface area contributed by atoms with Gasteiger partial charge in [-0.2, -0.15) is 0 Å². The smallest absolute Gasteiger partial charge is 0.237 e. The number of aromatic nitrogens is 2. The number of benzene rings is 2. The lowest BCUT2D eigenvalue weighted by molar-refractivity contribution is -0.129. The first kappa shape index (κ1) is 23.3. The van der Waals surface area contributed by atoms with Crippen LogP contribution in [-0.4, -0.2) is 45.3 Å². The number of nitrogens with zero attached hydrogens (tertiary/aromatic N) is 2. The molecule has 2 aromatic heterocycles. The minimum absolute atomic E-state index is 0.151. The summed E-state index contributed by atoms with van der Waals surface area (Å²) in [5.41, 5.74) is 8.56. The Labute approximate surface area is 208 Å². The molecule has 7 nitrogen and oxygen atoms in total. The van der Waals surface area contributed by atoms with E-state index in [1.165, 1.54) is 16.3 Å². The molecule has 0 radical (unpaired) electrons. The standard InChI is InChI=1S/C27H28ClN5O2/c1-16(27(35)32-13-18-10-22-23(28)14-31-26(22)30-12-18)33-15-17(11-24(33)25(29)34)9-20-7-4-6-19-5-2-3-8-21(19)20/h2-8,10,12,14,16-17,24H,9,11,13,15H2,1H3,(H2,29,34)(H,30,31)(H,32,35)/t16-,17?,24?/m0/s1. The second kappa shape index (κ2) is 9.68. The number of rotatable bonds is 7. The van der Waals surface area contributed by atoms with Crippen LogP contribution in [-0.2, 0) is 22.6 Å². The lowest BCUT2D eigenvalue weighted by atomic mass is 9.93. The molecule has 5 rings (SSSR count). The second-order valence-electron chi connectivity index (χ2n) is 9.33. The molecule has 4 N–H and O–H groups in total. The highest BCUT2D eigenvalue weighted by Crippen LogP contribution is 2.30. The molecule has 2 amide bonds. The number of pyridine rings is 1. The summed E-state index contributed by atoms with van der Waals surface area (Å²) in [6, 6.07) is 15.6. The van der Waals surface area contributed by atoms with Crippen molar-refractivity contribution in [2.75, 3.05) is 6.54 Å². The van der Waals surface area contributed by atoms with Crippen LogP contribution in [0.4, 0.5) is 0 Å². The first-order valence-corrected chi connectivity index (χ1v) is 12.2. The summed E-state index contributed by atoms with van der Waals surface area (Å²) in [7, 11) is 0. The molecule has 2 unspecified atom stereocenters. The number of carbonyl (C=O) groups is 2. The van der Waals surface area contributed by atoms with E-state index in [4.69, 9.17) is 17.3 Å². The molecular formula is C27H28ClN5O2. The van der Waals surface area contributed by atoms with Gasteiger partial charge < -0.3 is 16.0 Å². The lowest BCUT2D eigenvalue weighted by Gasteiger charge is -2.28. The molecule has 1 aliphatic heterocycles. The third-order valence-electron chi connectivity index (χ3n) is 7.02. The first-order valence-electron chi connectivity index (χ1n) is 11.8. The zero-order chi connectivity index (χ0) is 24.5. The van der Waals surface area contributed by atoms with Crippen molar-refractivity contribution in [2.24, 2.45) is 11.7 Å². The van der Waals surface area contributed by atoms with Gasteiger partial charge in [0.25, 0.3) is 0 Å². The molecule has 0 saturated carbocycles. The van der Waals surface area contributed by atoms with E-state index in [0.717, 1.165) is 17.4 Å². The molecule has 35 heavy (non-hydrogen) atoms. The van der Waals surface area contributed by atoms with Gasteiger partial charge in [-0.05, 0) is 53.6 Å². The van der Waals surface area contributed by atoms with Crippen LogP contribution in [0.25, 0.3) is 21.8 Å². The van der Waals surface area contributed by atoms with Crippen molar-refractivity contribution in [3.63, 3.8) is 0 Å². The Bertz CT molecular complexity index is 1400. The van der Waals surface area contributed by atoms with Crippen LogP contribution in [0.15, 0.2) is 60.9 Å². The van der Waals surface area contributed by atoms with Gasteiger partial charge >= 0.3 is 0 Å². The number of halogens is 1. The minimum atomic E-state index is -0.488. The van der Waals surface area contributed by atoms with E-state index in [1.807, 2.05) is 30.0 Å². The Balaban J connectivity index is 1.26. The van der Waals surface area contributed by atoms with Crippen LogP contribution in [0, 0.1) is 5.92 Å². The monoisotopic (exact) mass is 489 g/mol. The predicted octanol–water partition coefficient (Wildman–Crippen LogP) is 3.79. The Kier molecular flexibility index (Phi) is 6.45. The minimum Gasteiger partial charge on any atom is -0.368 e. The molecule has 0 spiro atoms. The summed E-state index contributed by atoms with van der Waals surface area (Å²) in [6.45, 7) is 2.79. The van der Waals surface area contributed by atoms with E-state index in [2.05, 4.69) is 45.6 Å². The summed E-state index contributed by atoms with van der Waals surface area (Å²) in [4.78, 5) is 34.6. The number of aromatic amines is 1. The number of nitrogens with two attached hydrogens (primary N) is 1. The molecule has 1 aliphatic rings. The highest BCUT2D eigenvalue weighted by atomic mass is 35.5. The first-order chi connectivity index (χ1) is 16.9. The fraction of sp³-hybridized carbons (Fsp3) is 0.296. The van der Waals surface area contributed by atoms with E-state index in [0.29, 0.717) is 30.2 Å². The van der Waals surface area contributed by atoms with Crippen LogP contribution < -0.4 is 11.1 Å². The maximum absolute atomic E-state index is 13.0. The Morgan fingerprint density at radius 3 is 2.86 bits per heavy atom. The Morgan fingerprint density at radius 1 is 1.23 bits per heavy atom. The quantitative estimate of drug-likeness (QED) is 0.367. The van der Waals surface area contributed by atoms with Gasteiger partial charge in [0.2, 0.25) is 11.8 Å². The molecule has 8 heteroatoms. The van der Waals surface area contributed by atoms with Crippen molar-refractivity contribution < 1.29 is 9.59 Å². The Hall–Kier alpha value is -3.42. The van der Waals surface area contributed by atoms with Crippen molar-refractivity contribution >= 4 is 45.2 Å². The van der Waals surface area contributed by atoms with E-state index < -0.39 is 12.1 Å². The number of fused-ring (bicyclic) bond motifs is 2. The zero-order valence-corrected chi connectivity index (χ0v) is 20.3. The van der Waals surface area contributed by atoms with Crippen molar-refractivity contribution in [1.29, 1.82) is 0 Å².